The molecule has 0 aromatic heterocycles. The van der Waals surface area contributed by atoms with Gasteiger partial charge < -0.3 is 10.0 Å². The minimum atomic E-state index is -3.37. The zero-order chi connectivity index (χ0) is 14.6. The lowest BCUT2D eigenvalue weighted by Crippen LogP contribution is -2.31. The first-order valence-electron chi connectivity index (χ1n) is 6.00. The van der Waals surface area contributed by atoms with Crippen molar-refractivity contribution >= 4 is 15.8 Å². The van der Waals surface area contributed by atoms with Gasteiger partial charge in [-0.2, -0.15) is 0 Å². The van der Waals surface area contributed by atoms with Crippen molar-refractivity contribution in [3.63, 3.8) is 0 Å². The first-order valence-corrected chi connectivity index (χ1v) is 7.65. The number of aromatic carboxylic acids is 1. The minimum Gasteiger partial charge on any atom is -0.478 e. The van der Waals surface area contributed by atoms with Crippen LogP contribution in [-0.2, 0) is 9.84 Å². The van der Waals surface area contributed by atoms with Gasteiger partial charge in [-0.05, 0) is 45.2 Å². The van der Waals surface area contributed by atoms with E-state index in [0.717, 1.165) is 0 Å². The van der Waals surface area contributed by atoms with Crippen molar-refractivity contribution in [1.82, 2.24) is 4.90 Å². The highest BCUT2D eigenvalue weighted by Crippen LogP contribution is 2.13. The fourth-order valence-corrected chi connectivity index (χ4v) is 2.76. The number of carbonyl (C=O) groups is 1. The summed E-state index contributed by atoms with van der Waals surface area (Å²) in [6.07, 6.45) is 0. The van der Waals surface area contributed by atoms with Crippen molar-refractivity contribution < 1.29 is 18.3 Å². The third-order valence-corrected chi connectivity index (χ3v) is 4.77. The molecule has 0 bridgehead atoms. The summed E-state index contributed by atoms with van der Waals surface area (Å²) in [6.45, 7) is 4.43. The van der Waals surface area contributed by atoms with E-state index in [4.69, 9.17) is 5.11 Å². The zero-order valence-corrected chi connectivity index (χ0v) is 12.1. The summed E-state index contributed by atoms with van der Waals surface area (Å²) < 4.78 is 24.1. The molecule has 0 unspecified atom stereocenters. The molecule has 0 spiro atoms. The molecular formula is C13H19NO4S. The Hall–Kier alpha value is -1.40. The summed E-state index contributed by atoms with van der Waals surface area (Å²) in [5, 5.41) is 8.76. The van der Waals surface area contributed by atoms with Gasteiger partial charge in [-0.25, -0.2) is 13.2 Å². The maximum atomic E-state index is 12.1. The summed E-state index contributed by atoms with van der Waals surface area (Å²) in [7, 11) is -1.50. The van der Waals surface area contributed by atoms with E-state index in [1.165, 1.54) is 24.3 Å². The molecule has 0 amide bonds. The first kappa shape index (κ1) is 15.7. The fourth-order valence-electron chi connectivity index (χ4n) is 1.45. The molecule has 106 valence electrons. The summed E-state index contributed by atoms with van der Waals surface area (Å²) in [6, 6.07) is 5.58. The second-order valence-electron chi connectivity index (χ2n) is 4.72. The highest BCUT2D eigenvalue weighted by Gasteiger charge is 2.16. The monoisotopic (exact) mass is 285 g/mol. The summed E-state index contributed by atoms with van der Waals surface area (Å²) in [5.41, 5.74) is 0.0817. The van der Waals surface area contributed by atoms with Gasteiger partial charge in [0.15, 0.2) is 9.84 Å². The molecule has 1 N–H and O–H groups in total. The Kier molecular flexibility index (Phi) is 5.08. The SMILES string of the molecule is CC(C)N(C)CCS(=O)(=O)c1ccc(C(=O)O)cc1. The third kappa shape index (κ3) is 4.33. The average molecular weight is 285 g/mol. The fraction of sp³-hybridized carbons (Fsp3) is 0.462. The Morgan fingerprint density at radius 3 is 2.21 bits per heavy atom. The Labute approximate surface area is 113 Å². The van der Waals surface area contributed by atoms with E-state index in [-0.39, 0.29) is 22.3 Å². The Morgan fingerprint density at radius 2 is 1.79 bits per heavy atom. The molecule has 0 aliphatic carbocycles. The van der Waals surface area contributed by atoms with Crippen LogP contribution in [0.4, 0.5) is 0 Å². The third-order valence-electron chi connectivity index (χ3n) is 3.05. The lowest BCUT2D eigenvalue weighted by Gasteiger charge is -2.20. The van der Waals surface area contributed by atoms with Crippen molar-refractivity contribution in [3.8, 4) is 0 Å². The standard InChI is InChI=1S/C13H19NO4S/c1-10(2)14(3)8-9-19(17,18)12-6-4-11(5-7-12)13(15)16/h4-7,10H,8-9H2,1-3H3,(H,15,16). The molecule has 1 rings (SSSR count). The molecule has 0 saturated heterocycles. The molecule has 0 fully saturated rings. The molecule has 1 aromatic rings. The van der Waals surface area contributed by atoms with Gasteiger partial charge >= 0.3 is 5.97 Å². The van der Waals surface area contributed by atoms with E-state index in [1.54, 1.807) is 0 Å². The van der Waals surface area contributed by atoms with Gasteiger partial charge in [-0.3, -0.25) is 0 Å². The molecule has 0 radical (unpaired) electrons. The van der Waals surface area contributed by atoms with Gasteiger partial charge in [0.25, 0.3) is 0 Å². The highest BCUT2D eigenvalue weighted by atomic mass is 32.2. The topological polar surface area (TPSA) is 74.7 Å². The van der Waals surface area contributed by atoms with Crippen LogP contribution < -0.4 is 0 Å². The molecule has 0 aliphatic rings. The van der Waals surface area contributed by atoms with E-state index in [1.807, 2.05) is 25.8 Å². The first-order chi connectivity index (χ1) is 8.74. The number of rotatable bonds is 6. The molecule has 1 aromatic carbocycles. The predicted octanol–water partition coefficient (Wildman–Crippen LogP) is 1.50. The molecule has 6 heteroatoms. The van der Waals surface area contributed by atoms with Crippen LogP contribution in [0, 0.1) is 0 Å². The quantitative estimate of drug-likeness (QED) is 0.857. The van der Waals surface area contributed by atoms with Gasteiger partial charge in [0.1, 0.15) is 0 Å². The van der Waals surface area contributed by atoms with Crippen LogP contribution in [0.1, 0.15) is 24.2 Å². The number of carboxylic acid groups (broad SMARTS) is 1. The smallest absolute Gasteiger partial charge is 0.335 e. The van der Waals surface area contributed by atoms with Crippen molar-refractivity contribution in [2.24, 2.45) is 0 Å². The van der Waals surface area contributed by atoms with Crippen molar-refractivity contribution in [2.45, 2.75) is 24.8 Å². The Balaban J connectivity index is 2.80. The maximum absolute atomic E-state index is 12.1. The summed E-state index contributed by atoms with van der Waals surface area (Å²) >= 11 is 0. The van der Waals surface area contributed by atoms with Crippen LogP contribution in [-0.4, -0.2) is 49.8 Å². The van der Waals surface area contributed by atoms with Gasteiger partial charge in [-0.15, -0.1) is 0 Å². The lowest BCUT2D eigenvalue weighted by atomic mass is 10.2. The van der Waals surface area contributed by atoms with Crippen molar-refractivity contribution in [1.29, 1.82) is 0 Å². The van der Waals surface area contributed by atoms with E-state index in [0.29, 0.717) is 6.54 Å². The predicted molar refractivity (Wildman–Crippen MR) is 73.2 cm³/mol. The lowest BCUT2D eigenvalue weighted by molar-refractivity contribution is 0.0696. The second-order valence-corrected chi connectivity index (χ2v) is 6.83. The van der Waals surface area contributed by atoms with E-state index >= 15 is 0 Å². The van der Waals surface area contributed by atoms with Crippen LogP contribution in [0.15, 0.2) is 29.2 Å². The number of carboxylic acids is 1. The molecule has 19 heavy (non-hydrogen) atoms. The average Bonchev–Trinajstić information content (AvgIpc) is 2.36. The van der Waals surface area contributed by atoms with Crippen LogP contribution in [0.5, 0.6) is 0 Å². The van der Waals surface area contributed by atoms with Crippen LogP contribution >= 0.6 is 0 Å². The van der Waals surface area contributed by atoms with Crippen LogP contribution in [0.25, 0.3) is 0 Å². The number of benzene rings is 1. The summed E-state index contributed by atoms with van der Waals surface area (Å²) in [5.74, 6) is -1.04. The second kappa shape index (κ2) is 6.16. The number of hydrogen-bond donors (Lipinski definition) is 1. The minimum absolute atomic E-state index is 0.0219. The van der Waals surface area contributed by atoms with Crippen LogP contribution in [0.2, 0.25) is 0 Å². The van der Waals surface area contributed by atoms with Crippen molar-refractivity contribution in [2.75, 3.05) is 19.3 Å². The van der Waals surface area contributed by atoms with Crippen LogP contribution in [0.3, 0.4) is 0 Å². The number of sulfone groups is 1. The molecule has 0 saturated carbocycles. The van der Waals surface area contributed by atoms with E-state index < -0.39 is 15.8 Å². The molecule has 0 atom stereocenters. The van der Waals surface area contributed by atoms with Crippen molar-refractivity contribution in [3.05, 3.63) is 29.8 Å². The molecule has 5 nitrogen and oxygen atoms in total. The van der Waals surface area contributed by atoms with Gasteiger partial charge in [0, 0.05) is 12.6 Å². The highest BCUT2D eigenvalue weighted by molar-refractivity contribution is 7.91. The largest absolute Gasteiger partial charge is 0.478 e. The zero-order valence-electron chi connectivity index (χ0n) is 11.3. The van der Waals surface area contributed by atoms with E-state index in [2.05, 4.69) is 0 Å². The molecule has 0 aliphatic heterocycles. The van der Waals surface area contributed by atoms with Gasteiger partial charge in [0.05, 0.1) is 16.2 Å². The molecule has 0 heterocycles. The Morgan fingerprint density at radius 1 is 1.26 bits per heavy atom. The maximum Gasteiger partial charge on any atom is 0.335 e. The molecular weight excluding hydrogens is 266 g/mol. The van der Waals surface area contributed by atoms with Gasteiger partial charge in [-0.1, -0.05) is 0 Å². The van der Waals surface area contributed by atoms with E-state index in [9.17, 15) is 13.2 Å². The number of nitrogens with zero attached hydrogens (tertiary/aromatic N) is 1. The normalized spacial score (nSPS) is 12.1. The Bertz CT molecular complexity index is 534. The van der Waals surface area contributed by atoms with Gasteiger partial charge in [0.2, 0.25) is 0 Å². The summed E-state index contributed by atoms with van der Waals surface area (Å²) in [4.78, 5) is 12.8. The number of hydrogen-bond acceptors (Lipinski definition) is 4.